The molecule has 0 aromatic heterocycles. The normalized spacial score (nSPS) is 12.4. The van der Waals surface area contributed by atoms with E-state index in [-0.39, 0.29) is 5.82 Å². The van der Waals surface area contributed by atoms with E-state index in [1.54, 1.807) is 18.2 Å². The molecule has 0 aliphatic carbocycles. The van der Waals surface area contributed by atoms with Crippen molar-refractivity contribution in [2.75, 3.05) is 13.2 Å². The third-order valence-corrected chi connectivity index (χ3v) is 2.97. The van der Waals surface area contributed by atoms with Gasteiger partial charge in [-0.25, -0.2) is 4.39 Å². The van der Waals surface area contributed by atoms with Crippen LogP contribution >= 0.6 is 0 Å². The van der Waals surface area contributed by atoms with Crippen molar-refractivity contribution in [2.24, 2.45) is 0 Å². The highest BCUT2D eigenvalue weighted by Gasteiger charge is 2.05. The van der Waals surface area contributed by atoms with Crippen molar-refractivity contribution in [3.05, 3.63) is 30.1 Å². The van der Waals surface area contributed by atoms with Gasteiger partial charge in [0.15, 0.2) is 11.6 Å². The Bertz CT molecular complexity index is 330. The second-order valence-electron chi connectivity index (χ2n) is 4.48. The fraction of sp³-hybridized carbons (Fsp3) is 0.600. The van der Waals surface area contributed by atoms with E-state index in [1.807, 2.05) is 0 Å². The third kappa shape index (κ3) is 5.50. The predicted molar refractivity (Wildman–Crippen MR) is 73.5 cm³/mol. The van der Waals surface area contributed by atoms with Gasteiger partial charge in [-0.05, 0) is 44.4 Å². The van der Waals surface area contributed by atoms with Gasteiger partial charge in [0.1, 0.15) is 0 Å². The highest BCUT2D eigenvalue weighted by molar-refractivity contribution is 5.23. The lowest BCUT2D eigenvalue weighted by Gasteiger charge is -2.16. The Morgan fingerprint density at radius 2 is 2.06 bits per heavy atom. The van der Waals surface area contributed by atoms with E-state index in [0.717, 1.165) is 32.2 Å². The molecule has 1 atom stereocenters. The molecule has 0 heterocycles. The van der Waals surface area contributed by atoms with E-state index in [9.17, 15) is 4.39 Å². The molecule has 1 aromatic rings. The van der Waals surface area contributed by atoms with Crippen LogP contribution in [0, 0.1) is 5.82 Å². The standard InChI is InChI=1S/C15H24FNO/c1-3-11-17-13(4-2)8-7-12-18-15-10-6-5-9-14(15)16/h5-6,9-10,13,17H,3-4,7-8,11-12H2,1-2H3. The number of halogens is 1. The Balaban J connectivity index is 2.19. The zero-order valence-electron chi connectivity index (χ0n) is 11.4. The monoisotopic (exact) mass is 253 g/mol. The molecule has 0 spiro atoms. The van der Waals surface area contributed by atoms with Crippen molar-refractivity contribution in [2.45, 2.75) is 45.6 Å². The molecular formula is C15H24FNO. The fourth-order valence-corrected chi connectivity index (χ4v) is 1.87. The summed E-state index contributed by atoms with van der Waals surface area (Å²) >= 11 is 0. The molecule has 0 saturated heterocycles. The van der Waals surface area contributed by atoms with Gasteiger partial charge in [-0.1, -0.05) is 26.0 Å². The Labute approximate surface area is 110 Å². The van der Waals surface area contributed by atoms with Crippen molar-refractivity contribution in [1.29, 1.82) is 0 Å². The zero-order chi connectivity index (χ0) is 13.2. The van der Waals surface area contributed by atoms with Gasteiger partial charge in [-0.15, -0.1) is 0 Å². The topological polar surface area (TPSA) is 21.3 Å². The van der Waals surface area contributed by atoms with Crippen LogP contribution in [0.3, 0.4) is 0 Å². The molecule has 1 N–H and O–H groups in total. The van der Waals surface area contributed by atoms with Crippen LogP contribution < -0.4 is 10.1 Å². The zero-order valence-corrected chi connectivity index (χ0v) is 11.4. The summed E-state index contributed by atoms with van der Waals surface area (Å²) < 4.78 is 18.7. The summed E-state index contributed by atoms with van der Waals surface area (Å²) in [4.78, 5) is 0. The van der Waals surface area contributed by atoms with E-state index >= 15 is 0 Å². The predicted octanol–water partition coefficient (Wildman–Crippen LogP) is 3.76. The number of benzene rings is 1. The molecule has 0 amide bonds. The van der Waals surface area contributed by atoms with E-state index in [2.05, 4.69) is 19.2 Å². The Kier molecular flexibility index (Phi) is 7.42. The minimum atomic E-state index is -0.284. The van der Waals surface area contributed by atoms with Crippen LogP contribution in [0.15, 0.2) is 24.3 Å². The fourth-order valence-electron chi connectivity index (χ4n) is 1.87. The summed E-state index contributed by atoms with van der Waals surface area (Å²) in [5, 5.41) is 3.50. The Morgan fingerprint density at radius 3 is 2.72 bits per heavy atom. The molecule has 1 unspecified atom stereocenters. The Morgan fingerprint density at radius 1 is 1.28 bits per heavy atom. The molecule has 2 nitrogen and oxygen atoms in total. The molecule has 102 valence electrons. The maximum Gasteiger partial charge on any atom is 0.165 e. The largest absolute Gasteiger partial charge is 0.491 e. The van der Waals surface area contributed by atoms with Gasteiger partial charge in [0.25, 0.3) is 0 Å². The molecule has 0 bridgehead atoms. The maximum absolute atomic E-state index is 13.3. The van der Waals surface area contributed by atoms with Crippen LogP contribution in [0.4, 0.5) is 4.39 Å². The van der Waals surface area contributed by atoms with Crippen molar-refractivity contribution >= 4 is 0 Å². The summed E-state index contributed by atoms with van der Waals surface area (Å²) in [5.41, 5.74) is 0. The van der Waals surface area contributed by atoms with Crippen molar-refractivity contribution < 1.29 is 9.13 Å². The molecule has 0 saturated carbocycles. The summed E-state index contributed by atoms with van der Waals surface area (Å²) in [7, 11) is 0. The molecule has 0 aliphatic rings. The lowest BCUT2D eigenvalue weighted by molar-refractivity contribution is 0.281. The second-order valence-corrected chi connectivity index (χ2v) is 4.48. The molecule has 0 aliphatic heterocycles. The first-order valence-corrected chi connectivity index (χ1v) is 6.88. The lowest BCUT2D eigenvalue weighted by Crippen LogP contribution is -2.29. The van der Waals surface area contributed by atoms with Gasteiger partial charge in [0, 0.05) is 6.04 Å². The van der Waals surface area contributed by atoms with E-state index in [1.165, 1.54) is 6.07 Å². The number of hydrogen-bond acceptors (Lipinski definition) is 2. The molecule has 1 rings (SSSR count). The summed E-state index contributed by atoms with van der Waals surface area (Å²) in [6.45, 7) is 5.99. The molecule has 0 radical (unpaired) electrons. The van der Waals surface area contributed by atoms with Crippen molar-refractivity contribution in [3.8, 4) is 5.75 Å². The average molecular weight is 253 g/mol. The first-order chi connectivity index (χ1) is 8.77. The minimum Gasteiger partial charge on any atom is -0.491 e. The Hall–Kier alpha value is -1.09. The van der Waals surface area contributed by atoms with Crippen LogP contribution in [0.1, 0.15) is 39.5 Å². The van der Waals surface area contributed by atoms with E-state index < -0.39 is 0 Å². The first-order valence-electron chi connectivity index (χ1n) is 6.88. The lowest BCUT2D eigenvalue weighted by atomic mass is 10.1. The highest BCUT2D eigenvalue weighted by Crippen LogP contribution is 2.15. The maximum atomic E-state index is 13.3. The quantitative estimate of drug-likeness (QED) is 0.676. The smallest absolute Gasteiger partial charge is 0.165 e. The summed E-state index contributed by atoms with van der Waals surface area (Å²) in [6, 6.07) is 7.10. The van der Waals surface area contributed by atoms with Crippen LogP contribution in [-0.2, 0) is 0 Å². The number of para-hydroxylation sites is 1. The van der Waals surface area contributed by atoms with Gasteiger partial charge in [0.05, 0.1) is 6.61 Å². The van der Waals surface area contributed by atoms with Gasteiger partial charge < -0.3 is 10.1 Å². The van der Waals surface area contributed by atoms with Gasteiger partial charge in [-0.2, -0.15) is 0 Å². The number of nitrogens with one attached hydrogen (secondary N) is 1. The number of rotatable bonds is 9. The average Bonchev–Trinajstić information content (AvgIpc) is 2.40. The molecule has 0 fully saturated rings. The summed E-state index contributed by atoms with van der Waals surface area (Å²) in [5.74, 6) is 0.0701. The highest BCUT2D eigenvalue weighted by atomic mass is 19.1. The van der Waals surface area contributed by atoms with Gasteiger partial charge in [-0.3, -0.25) is 0 Å². The van der Waals surface area contributed by atoms with Gasteiger partial charge in [0.2, 0.25) is 0 Å². The van der Waals surface area contributed by atoms with Crippen molar-refractivity contribution in [1.82, 2.24) is 5.32 Å². The minimum absolute atomic E-state index is 0.284. The molecule has 3 heteroatoms. The van der Waals surface area contributed by atoms with Crippen LogP contribution in [0.2, 0.25) is 0 Å². The van der Waals surface area contributed by atoms with Crippen LogP contribution in [-0.4, -0.2) is 19.2 Å². The van der Waals surface area contributed by atoms with E-state index in [0.29, 0.717) is 18.4 Å². The van der Waals surface area contributed by atoms with Gasteiger partial charge >= 0.3 is 0 Å². The molecule has 18 heavy (non-hydrogen) atoms. The van der Waals surface area contributed by atoms with Crippen LogP contribution in [0.5, 0.6) is 5.75 Å². The van der Waals surface area contributed by atoms with Crippen molar-refractivity contribution in [3.63, 3.8) is 0 Å². The summed E-state index contributed by atoms with van der Waals surface area (Å²) in [6.07, 6.45) is 4.30. The third-order valence-electron chi connectivity index (χ3n) is 2.97. The number of hydrogen-bond donors (Lipinski definition) is 1. The second kappa shape index (κ2) is 8.92. The molecular weight excluding hydrogens is 229 g/mol. The van der Waals surface area contributed by atoms with Crippen LogP contribution in [0.25, 0.3) is 0 Å². The van der Waals surface area contributed by atoms with E-state index in [4.69, 9.17) is 4.74 Å². The number of ether oxygens (including phenoxy) is 1. The SMILES string of the molecule is CCCNC(CC)CCCOc1ccccc1F. The molecule has 1 aromatic carbocycles. The first kappa shape index (κ1) is 15.0.